The lowest BCUT2D eigenvalue weighted by atomic mass is 10.3. The van der Waals surface area contributed by atoms with E-state index in [1.165, 1.54) is 0 Å². The zero-order valence-electron chi connectivity index (χ0n) is 11.1. The van der Waals surface area contributed by atoms with Crippen molar-refractivity contribution in [1.29, 1.82) is 0 Å². The molecule has 0 radical (unpaired) electrons. The van der Waals surface area contributed by atoms with Crippen LogP contribution in [0.3, 0.4) is 0 Å². The molecule has 0 nitrogen and oxygen atoms in total. The Balaban J connectivity index is 4.05. The first kappa shape index (κ1) is 22.6. The average molecular weight is 436 g/mol. The van der Waals surface area contributed by atoms with Gasteiger partial charge in [-0.15, -0.1) is 0 Å². The summed E-state index contributed by atoms with van der Waals surface area (Å²) < 4.78 is 192. The highest BCUT2D eigenvalue weighted by Gasteiger charge is 2.77. The Hall–Kier alpha value is -1.40. The van der Waals surface area contributed by atoms with Crippen LogP contribution in [-0.2, 0) is 0 Å². The molecule has 0 saturated heterocycles. The number of hydrogen-bond acceptors (Lipinski definition) is 0. The molecule has 0 N–H and O–H groups in total. The molecule has 1 aromatic rings. The molecule has 0 unspecified atom stereocenters. The van der Waals surface area contributed by atoms with Crippen LogP contribution in [0.1, 0.15) is 0 Å². The van der Waals surface area contributed by atoms with Gasteiger partial charge < -0.3 is 0 Å². The molecule has 1 rings (SSSR count). The van der Waals surface area contributed by atoms with Gasteiger partial charge in [0, 0.05) is 0 Å². The van der Waals surface area contributed by atoms with E-state index in [4.69, 9.17) is 0 Å². The first-order valence-corrected chi connectivity index (χ1v) is 6.85. The summed E-state index contributed by atoms with van der Waals surface area (Å²) in [5.74, 6) is -17.0. The second-order valence-corrected chi connectivity index (χ2v) is 6.57. The van der Waals surface area contributed by atoms with Gasteiger partial charge in [-0.3, -0.25) is 0 Å². The average Bonchev–Trinajstić information content (AvgIpc) is 2.44. The van der Waals surface area contributed by atoms with Gasteiger partial charge in [-0.2, -0.15) is 43.9 Å². The maximum Gasteiger partial charge on any atom is 0.458 e. The number of rotatable bonds is 3. The van der Waals surface area contributed by atoms with Gasteiger partial charge in [-0.05, 0) is 0 Å². The van der Waals surface area contributed by atoms with Gasteiger partial charge in [0.1, 0.15) is 0 Å². The summed E-state index contributed by atoms with van der Waals surface area (Å²) in [6.45, 7) is 0. The number of hydrogen-bond donors (Lipinski definition) is 0. The van der Waals surface area contributed by atoms with E-state index < -0.39 is 66.0 Å². The Bertz CT molecular complexity index is 645. The van der Waals surface area contributed by atoms with Crippen LogP contribution in [0, 0.1) is 29.1 Å². The van der Waals surface area contributed by atoms with Gasteiger partial charge in [0.05, 0.1) is 13.2 Å². The van der Waals surface area contributed by atoms with E-state index in [1.807, 2.05) is 0 Å². The maximum atomic E-state index is 13.4. The minimum atomic E-state index is -7.24. The zero-order chi connectivity index (χ0) is 21.0. The third-order valence-corrected chi connectivity index (χ3v) is 5.12. The fourth-order valence-corrected chi connectivity index (χ4v) is 3.51. The van der Waals surface area contributed by atoms with Crippen LogP contribution in [0.15, 0.2) is 0 Å². The van der Waals surface area contributed by atoms with E-state index in [-0.39, 0.29) is 0 Å². The first-order valence-electron chi connectivity index (χ1n) is 5.51. The van der Waals surface area contributed by atoms with Crippen molar-refractivity contribution < 1.29 is 65.9 Å². The highest BCUT2D eigenvalue weighted by atomic mass is 31.1. The monoisotopic (exact) mass is 436 g/mol. The van der Waals surface area contributed by atoms with Gasteiger partial charge >= 0.3 is 23.7 Å². The van der Waals surface area contributed by atoms with Crippen molar-refractivity contribution in [2.24, 2.45) is 0 Å². The predicted molar refractivity (Wildman–Crippen MR) is 54.8 cm³/mol. The van der Waals surface area contributed by atoms with E-state index in [9.17, 15) is 65.9 Å². The number of alkyl halides is 10. The van der Waals surface area contributed by atoms with Crippen LogP contribution in [0.2, 0.25) is 0 Å². The fraction of sp³-hybridized carbons (Fsp3) is 0.400. The van der Waals surface area contributed by atoms with Crippen LogP contribution < -0.4 is 5.30 Å². The summed E-state index contributed by atoms with van der Waals surface area (Å²) >= 11 is 0. The van der Waals surface area contributed by atoms with Crippen molar-refractivity contribution in [3.8, 4) is 0 Å². The van der Waals surface area contributed by atoms with Crippen molar-refractivity contribution >= 4 is 13.2 Å². The van der Waals surface area contributed by atoms with E-state index >= 15 is 0 Å². The highest BCUT2D eigenvalue weighted by molar-refractivity contribution is 7.68. The molecule has 0 aliphatic carbocycles. The van der Waals surface area contributed by atoms with Crippen molar-refractivity contribution in [2.75, 3.05) is 0 Å². The normalized spacial score (nSPS) is 14.3. The molecule has 0 atom stereocenters. The highest BCUT2D eigenvalue weighted by Crippen LogP contribution is 2.71. The quantitative estimate of drug-likeness (QED) is 0.243. The largest absolute Gasteiger partial charge is 0.458 e. The molecule has 0 fully saturated rings. The summed E-state index contributed by atoms with van der Waals surface area (Å²) in [7, 11) is -6.72. The van der Waals surface area contributed by atoms with Crippen molar-refractivity contribution in [3.05, 3.63) is 29.1 Å². The second kappa shape index (κ2) is 6.34. The van der Waals surface area contributed by atoms with Crippen LogP contribution in [0.25, 0.3) is 0 Å². The molecule has 150 valence electrons. The Kier molecular flexibility index (Phi) is 5.52. The van der Waals surface area contributed by atoms with Crippen LogP contribution >= 0.6 is 7.92 Å². The first-order chi connectivity index (χ1) is 11.3. The smallest absolute Gasteiger partial charge is 0.203 e. The maximum absolute atomic E-state index is 13.4. The molecule has 0 heterocycles. The van der Waals surface area contributed by atoms with E-state index in [0.29, 0.717) is 0 Å². The Morgan fingerprint density at radius 2 is 0.654 bits per heavy atom. The predicted octanol–water partition coefficient (Wildman–Crippen LogP) is 5.80. The molecule has 26 heavy (non-hydrogen) atoms. The Labute approximate surface area is 133 Å². The topological polar surface area (TPSA) is 0 Å². The summed E-state index contributed by atoms with van der Waals surface area (Å²) in [4.78, 5) is 0. The Morgan fingerprint density at radius 1 is 0.423 bits per heavy atom. The minimum Gasteiger partial charge on any atom is -0.203 e. The van der Waals surface area contributed by atoms with Gasteiger partial charge in [0.2, 0.25) is 5.82 Å². The molecule has 0 saturated carbocycles. The van der Waals surface area contributed by atoms with Crippen LogP contribution in [-0.4, -0.2) is 23.7 Å². The van der Waals surface area contributed by atoms with Crippen molar-refractivity contribution in [2.45, 2.75) is 23.7 Å². The Morgan fingerprint density at radius 3 is 0.885 bits per heavy atom. The number of halogens is 15. The molecule has 0 aromatic heterocycles. The van der Waals surface area contributed by atoms with Crippen LogP contribution in [0.4, 0.5) is 65.9 Å². The van der Waals surface area contributed by atoms with Crippen molar-refractivity contribution in [1.82, 2.24) is 0 Å². The van der Waals surface area contributed by atoms with Gasteiger partial charge in [0.25, 0.3) is 0 Å². The summed E-state index contributed by atoms with van der Waals surface area (Å²) in [6.07, 6.45) is -14.5. The van der Waals surface area contributed by atoms with Gasteiger partial charge in [-0.1, -0.05) is 0 Å². The minimum absolute atomic E-state index is 3.16. The van der Waals surface area contributed by atoms with Gasteiger partial charge in [-0.25, -0.2) is 22.0 Å². The molecule has 1 aromatic carbocycles. The molecule has 0 amide bonds. The van der Waals surface area contributed by atoms with Gasteiger partial charge in [0.15, 0.2) is 23.3 Å². The summed E-state index contributed by atoms with van der Waals surface area (Å²) in [5.41, 5.74) is -14.4. The molecule has 0 spiro atoms. The standard InChI is InChI=1S/C10F15P/c11-1-2(12)4(14)6(5(15)3(1)13)26(9(22,23)7(16,17)18)10(24,25)8(19,20)21. The number of benzene rings is 1. The molecular weight excluding hydrogens is 436 g/mol. The molecular formula is C10F15P. The van der Waals surface area contributed by atoms with Crippen LogP contribution in [0.5, 0.6) is 0 Å². The lowest BCUT2D eigenvalue weighted by Crippen LogP contribution is -2.49. The summed E-state index contributed by atoms with van der Waals surface area (Å²) in [6, 6.07) is 0. The SMILES string of the molecule is Fc1c(F)c(F)c(P(C(F)(F)C(F)(F)F)C(F)(F)C(F)(F)F)c(F)c1F. The molecule has 0 aliphatic heterocycles. The zero-order valence-corrected chi connectivity index (χ0v) is 12.0. The van der Waals surface area contributed by atoms with E-state index in [0.717, 1.165) is 0 Å². The lowest BCUT2D eigenvalue weighted by molar-refractivity contribution is -0.261. The molecule has 0 aliphatic rings. The van der Waals surface area contributed by atoms with Crippen molar-refractivity contribution in [3.63, 3.8) is 0 Å². The van der Waals surface area contributed by atoms with E-state index in [1.54, 1.807) is 0 Å². The molecule has 16 heteroatoms. The molecule has 0 bridgehead atoms. The third kappa shape index (κ3) is 3.29. The fourth-order valence-electron chi connectivity index (χ4n) is 1.50. The third-order valence-electron chi connectivity index (χ3n) is 2.65. The lowest BCUT2D eigenvalue weighted by Gasteiger charge is -2.35. The van der Waals surface area contributed by atoms with E-state index in [2.05, 4.69) is 0 Å². The summed E-state index contributed by atoms with van der Waals surface area (Å²) in [5, 5.41) is -3.60. The second-order valence-electron chi connectivity index (χ2n) is 4.33.